The number of benzene rings is 1. The van der Waals surface area contributed by atoms with Gasteiger partial charge in [-0.25, -0.2) is 0 Å². The third kappa shape index (κ3) is 3.06. The highest BCUT2D eigenvalue weighted by atomic mass is 16.3. The van der Waals surface area contributed by atoms with E-state index in [1.807, 2.05) is 32.0 Å². The van der Waals surface area contributed by atoms with Crippen LogP contribution in [-0.2, 0) is 6.42 Å². The van der Waals surface area contributed by atoms with Gasteiger partial charge in [-0.3, -0.25) is 4.79 Å². The van der Waals surface area contributed by atoms with E-state index in [4.69, 9.17) is 0 Å². The maximum absolute atomic E-state index is 12.6. The van der Waals surface area contributed by atoms with Gasteiger partial charge in [0.2, 0.25) is 0 Å². The molecule has 1 aromatic carbocycles. The summed E-state index contributed by atoms with van der Waals surface area (Å²) in [6, 6.07) is 7.93. The van der Waals surface area contributed by atoms with Gasteiger partial charge in [0.05, 0.1) is 5.60 Å². The van der Waals surface area contributed by atoms with Crippen molar-refractivity contribution in [1.82, 2.24) is 0 Å². The molecule has 2 heteroatoms. The molecule has 0 fully saturated rings. The Hall–Kier alpha value is -1.15. The van der Waals surface area contributed by atoms with Crippen molar-refractivity contribution in [3.05, 3.63) is 35.4 Å². The van der Waals surface area contributed by atoms with Gasteiger partial charge in [0, 0.05) is 11.5 Å². The summed E-state index contributed by atoms with van der Waals surface area (Å²) in [4.78, 5) is 12.6. The number of aliphatic hydroxyl groups is 1. The van der Waals surface area contributed by atoms with Crippen LogP contribution in [0.2, 0.25) is 0 Å². The van der Waals surface area contributed by atoms with Crippen molar-refractivity contribution in [2.24, 2.45) is 5.92 Å². The zero-order valence-electron chi connectivity index (χ0n) is 12.0. The van der Waals surface area contributed by atoms with E-state index in [9.17, 15) is 9.90 Å². The summed E-state index contributed by atoms with van der Waals surface area (Å²) in [7, 11) is 0. The number of carbonyl (C=O) groups excluding carboxylic acids is 1. The fourth-order valence-electron chi connectivity index (χ4n) is 3.06. The molecule has 1 atom stereocenters. The van der Waals surface area contributed by atoms with E-state index in [2.05, 4.69) is 6.07 Å². The van der Waals surface area contributed by atoms with Gasteiger partial charge in [0.15, 0.2) is 5.78 Å². The fourth-order valence-corrected chi connectivity index (χ4v) is 3.06. The van der Waals surface area contributed by atoms with E-state index in [0.717, 1.165) is 37.7 Å². The van der Waals surface area contributed by atoms with Crippen LogP contribution in [0.1, 0.15) is 61.9 Å². The number of rotatable bonds is 4. The molecule has 0 radical (unpaired) electrons. The van der Waals surface area contributed by atoms with Crippen LogP contribution in [0.25, 0.3) is 0 Å². The SMILES string of the molecule is CCC(O)(CC)CC1CCCc2ccccc2C1=O. The molecule has 0 spiro atoms. The van der Waals surface area contributed by atoms with Gasteiger partial charge >= 0.3 is 0 Å². The molecule has 1 unspecified atom stereocenters. The zero-order valence-corrected chi connectivity index (χ0v) is 12.0. The fraction of sp³-hybridized carbons (Fsp3) is 0.588. The summed E-state index contributed by atoms with van der Waals surface area (Å²) >= 11 is 0. The summed E-state index contributed by atoms with van der Waals surface area (Å²) in [6.07, 6.45) is 4.96. The average molecular weight is 260 g/mol. The lowest BCUT2D eigenvalue weighted by Crippen LogP contribution is -2.32. The Kier molecular flexibility index (Phi) is 4.41. The molecule has 1 aliphatic carbocycles. The molecule has 1 aromatic rings. The molecule has 0 saturated carbocycles. The highest BCUT2D eigenvalue weighted by Gasteiger charge is 2.32. The highest BCUT2D eigenvalue weighted by Crippen LogP contribution is 2.32. The van der Waals surface area contributed by atoms with Crippen LogP contribution in [0.15, 0.2) is 24.3 Å². The lowest BCUT2D eigenvalue weighted by molar-refractivity contribution is 0.00778. The first kappa shape index (κ1) is 14.3. The van der Waals surface area contributed by atoms with E-state index < -0.39 is 5.60 Å². The third-order valence-corrected chi connectivity index (χ3v) is 4.59. The number of ketones is 1. The second kappa shape index (κ2) is 5.87. The number of carbonyl (C=O) groups is 1. The molecule has 0 bridgehead atoms. The van der Waals surface area contributed by atoms with Crippen LogP contribution in [0.3, 0.4) is 0 Å². The van der Waals surface area contributed by atoms with E-state index >= 15 is 0 Å². The van der Waals surface area contributed by atoms with Crippen molar-refractivity contribution in [3.63, 3.8) is 0 Å². The van der Waals surface area contributed by atoms with Gasteiger partial charge in [-0.05, 0) is 44.1 Å². The second-order valence-electron chi connectivity index (χ2n) is 5.75. The topological polar surface area (TPSA) is 37.3 Å². The number of fused-ring (bicyclic) bond motifs is 1. The Morgan fingerprint density at radius 3 is 2.63 bits per heavy atom. The highest BCUT2D eigenvalue weighted by molar-refractivity contribution is 5.99. The standard InChI is InChI=1S/C17H24O2/c1-3-17(19,4-2)12-14-10-7-9-13-8-5-6-11-15(13)16(14)18/h5-6,8,11,14,19H,3-4,7,9-10,12H2,1-2H3. The summed E-state index contributed by atoms with van der Waals surface area (Å²) in [6.45, 7) is 4.00. The molecular weight excluding hydrogens is 236 g/mol. The normalized spacial score (nSPS) is 19.9. The van der Waals surface area contributed by atoms with Crippen molar-refractivity contribution in [1.29, 1.82) is 0 Å². The number of hydrogen-bond acceptors (Lipinski definition) is 2. The molecule has 1 N–H and O–H groups in total. The molecule has 104 valence electrons. The molecule has 0 heterocycles. The Balaban J connectivity index is 2.22. The maximum atomic E-state index is 12.6. The van der Waals surface area contributed by atoms with Gasteiger partial charge in [-0.2, -0.15) is 0 Å². The molecule has 1 aliphatic rings. The van der Waals surface area contributed by atoms with Gasteiger partial charge in [-0.15, -0.1) is 0 Å². The minimum Gasteiger partial charge on any atom is -0.390 e. The molecule has 2 nitrogen and oxygen atoms in total. The maximum Gasteiger partial charge on any atom is 0.166 e. The largest absolute Gasteiger partial charge is 0.390 e. The smallest absolute Gasteiger partial charge is 0.166 e. The van der Waals surface area contributed by atoms with Crippen molar-refractivity contribution >= 4 is 5.78 Å². The first-order valence-corrected chi connectivity index (χ1v) is 7.44. The lowest BCUT2D eigenvalue weighted by atomic mass is 9.81. The quantitative estimate of drug-likeness (QED) is 0.837. The van der Waals surface area contributed by atoms with E-state index in [0.29, 0.717) is 6.42 Å². The van der Waals surface area contributed by atoms with Crippen LogP contribution in [0, 0.1) is 5.92 Å². The molecule has 0 saturated heterocycles. The molecule has 0 amide bonds. The van der Waals surface area contributed by atoms with Gasteiger partial charge in [0.25, 0.3) is 0 Å². The number of aryl methyl sites for hydroxylation is 1. The van der Waals surface area contributed by atoms with E-state index in [1.165, 1.54) is 5.56 Å². The minimum absolute atomic E-state index is 0.0199. The van der Waals surface area contributed by atoms with Gasteiger partial charge < -0.3 is 5.11 Å². The monoisotopic (exact) mass is 260 g/mol. The number of hydrogen-bond donors (Lipinski definition) is 1. The predicted molar refractivity (Wildman–Crippen MR) is 77.3 cm³/mol. The summed E-state index contributed by atoms with van der Waals surface area (Å²) in [5.74, 6) is 0.210. The van der Waals surface area contributed by atoms with E-state index in [1.54, 1.807) is 0 Å². The lowest BCUT2D eigenvalue weighted by Gasteiger charge is -2.29. The molecular formula is C17H24O2. The third-order valence-electron chi connectivity index (χ3n) is 4.59. The molecule has 2 rings (SSSR count). The van der Waals surface area contributed by atoms with Crippen LogP contribution < -0.4 is 0 Å². The Bertz CT molecular complexity index is 446. The first-order chi connectivity index (χ1) is 9.09. The van der Waals surface area contributed by atoms with Crippen LogP contribution in [0.5, 0.6) is 0 Å². The Morgan fingerprint density at radius 2 is 1.95 bits per heavy atom. The molecule has 0 aliphatic heterocycles. The van der Waals surface area contributed by atoms with Gasteiger partial charge in [-0.1, -0.05) is 38.1 Å². The second-order valence-corrected chi connectivity index (χ2v) is 5.75. The van der Waals surface area contributed by atoms with Crippen molar-refractivity contribution in [2.75, 3.05) is 0 Å². The molecule has 0 aromatic heterocycles. The first-order valence-electron chi connectivity index (χ1n) is 7.44. The van der Waals surface area contributed by atoms with Gasteiger partial charge in [0.1, 0.15) is 0 Å². The number of Topliss-reactive ketones (excluding diaryl/α,β-unsaturated/α-hetero) is 1. The summed E-state index contributed by atoms with van der Waals surface area (Å²) in [5.41, 5.74) is 1.37. The average Bonchev–Trinajstić information content (AvgIpc) is 2.60. The van der Waals surface area contributed by atoms with Crippen molar-refractivity contribution in [2.45, 2.75) is 58.0 Å². The van der Waals surface area contributed by atoms with E-state index in [-0.39, 0.29) is 11.7 Å². The Morgan fingerprint density at radius 1 is 1.26 bits per heavy atom. The van der Waals surface area contributed by atoms with Crippen LogP contribution >= 0.6 is 0 Å². The minimum atomic E-state index is -0.681. The zero-order chi connectivity index (χ0) is 13.9. The Labute approximate surface area is 115 Å². The van der Waals surface area contributed by atoms with Crippen molar-refractivity contribution in [3.8, 4) is 0 Å². The van der Waals surface area contributed by atoms with Crippen molar-refractivity contribution < 1.29 is 9.90 Å². The van der Waals surface area contributed by atoms with Crippen LogP contribution in [0.4, 0.5) is 0 Å². The van der Waals surface area contributed by atoms with Crippen LogP contribution in [-0.4, -0.2) is 16.5 Å². The molecule has 19 heavy (non-hydrogen) atoms. The summed E-state index contributed by atoms with van der Waals surface area (Å²) in [5, 5.41) is 10.5. The summed E-state index contributed by atoms with van der Waals surface area (Å²) < 4.78 is 0. The predicted octanol–water partition coefficient (Wildman–Crippen LogP) is 3.76.